The molecule has 1 N–H and O–H groups in total. The molecule has 11 heteroatoms. The molecular formula is C21H22Cl2FN5O3. The highest BCUT2D eigenvalue weighted by atomic mass is 35.5. The van der Waals surface area contributed by atoms with Crippen molar-refractivity contribution in [3.8, 4) is 11.8 Å². The number of aromatic hydroxyl groups is 1. The van der Waals surface area contributed by atoms with Crippen molar-refractivity contribution in [3.05, 3.63) is 51.4 Å². The van der Waals surface area contributed by atoms with Gasteiger partial charge >= 0.3 is 6.01 Å². The zero-order valence-corrected chi connectivity index (χ0v) is 19.0. The fourth-order valence-electron chi connectivity index (χ4n) is 3.99. The van der Waals surface area contributed by atoms with Crippen molar-refractivity contribution in [2.45, 2.75) is 19.6 Å². The van der Waals surface area contributed by atoms with Crippen molar-refractivity contribution < 1.29 is 19.0 Å². The maximum absolute atomic E-state index is 13.2. The Kier molecular flexibility index (Phi) is 6.41. The van der Waals surface area contributed by atoms with Crippen LogP contribution in [0.1, 0.15) is 16.8 Å². The lowest BCUT2D eigenvalue weighted by Crippen LogP contribution is -2.49. The third-order valence-electron chi connectivity index (χ3n) is 5.63. The maximum Gasteiger partial charge on any atom is 0.318 e. The highest BCUT2D eigenvalue weighted by Gasteiger charge is 2.31. The summed E-state index contributed by atoms with van der Waals surface area (Å²) >= 11 is 12.6. The van der Waals surface area contributed by atoms with E-state index in [0.717, 1.165) is 17.1 Å². The predicted octanol–water partition coefficient (Wildman–Crippen LogP) is 3.15. The minimum absolute atomic E-state index is 0.0201. The van der Waals surface area contributed by atoms with Gasteiger partial charge in [0.25, 0.3) is 5.91 Å². The number of carbonyl (C=O) groups excluding carboxylic acids is 1. The molecule has 2 aromatic rings. The molecule has 2 aliphatic rings. The quantitative estimate of drug-likeness (QED) is 0.656. The van der Waals surface area contributed by atoms with Gasteiger partial charge in [-0.1, -0.05) is 29.8 Å². The van der Waals surface area contributed by atoms with Crippen molar-refractivity contribution in [1.82, 2.24) is 19.8 Å². The minimum Gasteiger partial charge on any atom is -0.506 e. The molecular weight excluding hydrogens is 460 g/mol. The molecule has 0 bridgehead atoms. The van der Waals surface area contributed by atoms with Gasteiger partial charge in [-0.05, 0) is 12.1 Å². The number of fused-ring (bicyclic) bond motifs is 1. The Morgan fingerprint density at radius 3 is 2.59 bits per heavy atom. The lowest BCUT2D eigenvalue weighted by molar-refractivity contribution is -0.128. The first kappa shape index (κ1) is 22.6. The van der Waals surface area contributed by atoms with Gasteiger partial charge in [0, 0.05) is 62.0 Å². The van der Waals surface area contributed by atoms with E-state index in [1.807, 2.05) is 4.90 Å². The van der Waals surface area contributed by atoms with Gasteiger partial charge in [-0.2, -0.15) is 9.97 Å². The molecule has 0 atom stereocenters. The number of carbonyl (C=O) groups is 1. The lowest BCUT2D eigenvalue weighted by atomic mass is 10.2. The van der Waals surface area contributed by atoms with E-state index in [2.05, 4.69) is 21.4 Å². The second-order valence-electron chi connectivity index (χ2n) is 7.65. The van der Waals surface area contributed by atoms with Crippen molar-refractivity contribution in [2.75, 3.05) is 38.2 Å². The summed E-state index contributed by atoms with van der Waals surface area (Å²) in [6.45, 7) is 6.31. The molecule has 3 heterocycles. The Morgan fingerprint density at radius 1 is 1.22 bits per heavy atom. The van der Waals surface area contributed by atoms with Gasteiger partial charge in [-0.25, -0.2) is 4.39 Å². The van der Waals surface area contributed by atoms with Crippen LogP contribution in [0.2, 0.25) is 10.0 Å². The number of nitrogens with zero attached hydrogens (tertiary/aromatic N) is 5. The highest BCUT2D eigenvalue weighted by molar-refractivity contribution is 6.36. The molecule has 8 nitrogen and oxygen atoms in total. The van der Waals surface area contributed by atoms with Crippen LogP contribution in [0.15, 0.2) is 24.5 Å². The van der Waals surface area contributed by atoms with E-state index in [-0.39, 0.29) is 16.8 Å². The normalized spacial score (nSPS) is 16.2. The second kappa shape index (κ2) is 9.09. The molecule has 1 aromatic heterocycles. The highest BCUT2D eigenvalue weighted by Crippen LogP contribution is 2.37. The van der Waals surface area contributed by atoms with E-state index in [0.29, 0.717) is 56.4 Å². The predicted molar refractivity (Wildman–Crippen MR) is 119 cm³/mol. The third-order valence-corrected chi connectivity index (χ3v) is 6.41. The van der Waals surface area contributed by atoms with Crippen molar-refractivity contribution in [2.24, 2.45) is 0 Å². The van der Waals surface area contributed by atoms with E-state index in [1.165, 1.54) is 18.1 Å². The van der Waals surface area contributed by atoms with Crippen LogP contribution < -0.4 is 9.64 Å². The largest absolute Gasteiger partial charge is 0.506 e. The van der Waals surface area contributed by atoms with Crippen LogP contribution >= 0.6 is 23.2 Å². The molecule has 1 saturated heterocycles. The summed E-state index contributed by atoms with van der Waals surface area (Å²) < 4.78 is 18.5. The second-order valence-corrected chi connectivity index (χ2v) is 8.43. The number of hydrogen-bond acceptors (Lipinski definition) is 7. The Balaban J connectivity index is 1.55. The summed E-state index contributed by atoms with van der Waals surface area (Å²) in [6.07, 6.45) is 0. The first-order chi connectivity index (χ1) is 15.3. The van der Waals surface area contributed by atoms with Gasteiger partial charge in [-0.15, -0.1) is 0 Å². The Morgan fingerprint density at radius 2 is 1.94 bits per heavy atom. The maximum atomic E-state index is 13.2. The van der Waals surface area contributed by atoms with Gasteiger partial charge in [0.15, 0.2) is 5.83 Å². The van der Waals surface area contributed by atoms with Crippen LogP contribution in [-0.4, -0.2) is 64.1 Å². The smallest absolute Gasteiger partial charge is 0.318 e. The van der Waals surface area contributed by atoms with E-state index in [9.17, 15) is 14.3 Å². The summed E-state index contributed by atoms with van der Waals surface area (Å²) in [6, 6.07) is 3.33. The van der Waals surface area contributed by atoms with Crippen LogP contribution in [0.4, 0.5) is 10.2 Å². The molecule has 1 fully saturated rings. The zero-order valence-electron chi connectivity index (χ0n) is 17.4. The number of halogens is 3. The topological polar surface area (TPSA) is 82.0 Å². The lowest BCUT2D eigenvalue weighted by Gasteiger charge is -2.35. The SMILES string of the molecule is C=C(F)C(=O)N1CCN(c2nc(OC)nc3c2CN(Cc2c(Cl)ccc(O)c2Cl)C3)CC1. The van der Waals surface area contributed by atoms with Crippen molar-refractivity contribution >= 4 is 34.9 Å². The molecule has 0 spiro atoms. The molecule has 4 rings (SSSR count). The van der Waals surface area contributed by atoms with Crippen LogP contribution in [0.5, 0.6) is 11.8 Å². The fraction of sp³-hybridized carbons (Fsp3) is 0.381. The number of methoxy groups -OCH3 is 1. The zero-order chi connectivity index (χ0) is 23.0. The van der Waals surface area contributed by atoms with Gasteiger partial charge < -0.3 is 19.6 Å². The van der Waals surface area contributed by atoms with Crippen LogP contribution in [0.25, 0.3) is 0 Å². The summed E-state index contributed by atoms with van der Waals surface area (Å²) in [5.74, 6) is -0.925. The molecule has 0 aliphatic carbocycles. The molecule has 170 valence electrons. The molecule has 1 aromatic carbocycles. The Labute approximate surface area is 194 Å². The van der Waals surface area contributed by atoms with E-state index < -0.39 is 11.7 Å². The summed E-state index contributed by atoms with van der Waals surface area (Å²) in [4.78, 5) is 26.5. The number of aromatic nitrogens is 2. The summed E-state index contributed by atoms with van der Waals surface area (Å²) in [7, 11) is 1.51. The van der Waals surface area contributed by atoms with Crippen LogP contribution in [0, 0.1) is 0 Å². The number of benzene rings is 1. The molecule has 0 unspecified atom stereocenters. The van der Waals surface area contributed by atoms with E-state index in [1.54, 1.807) is 6.07 Å². The number of ether oxygens (including phenoxy) is 1. The Bertz CT molecular complexity index is 1080. The van der Waals surface area contributed by atoms with E-state index >= 15 is 0 Å². The summed E-state index contributed by atoms with van der Waals surface area (Å²) in [5.41, 5.74) is 2.42. The first-order valence-corrected chi connectivity index (χ1v) is 10.7. The minimum atomic E-state index is -0.956. The number of phenolic OH excluding ortho intramolecular Hbond substituents is 1. The Hall–Kier alpha value is -2.62. The molecule has 2 aliphatic heterocycles. The van der Waals surface area contributed by atoms with E-state index in [4.69, 9.17) is 27.9 Å². The van der Waals surface area contributed by atoms with Crippen molar-refractivity contribution in [3.63, 3.8) is 0 Å². The first-order valence-electron chi connectivity index (χ1n) is 9.99. The van der Waals surface area contributed by atoms with Gasteiger partial charge in [0.2, 0.25) is 0 Å². The van der Waals surface area contributed by atoms with Crippen LogP contribution in [0.3, 0.4) is 0 Å². The fourth-order valence-corrected chi connectivity index (χ4v) is 4.48. The number of piperazine rings is 1. The van der Waals surface area contributed by atoms with Gasteiger partial charge in [-0.3, -0.25) is 9.69 Å². The number of anilines is 1. The average molecular weight is 482 g/mol. The molecule has 32 heavy (non-hydrogen) atoms. The van der Waals surface area contributed by atoms with Gasteiger partial charge in [0.1, 0.15) is 11.6 Å². The van der Waals surface area contributed by atoms with Crippen molar-refractivity contribution in [1.29, 1.82) is 0 Å². The molecule has 0 radical (unpaired) electrons. The van der Waals surface area contributed by atoms with Crippen LogP contribution in [-0.2, 0) is 24.4 Å². The third kappa shape index (κ3) is 4.32. The molecule has 0 saturated carbocycles. The number of amides is 1. The number of phenols is 1. The number of hydrogen-bond donors (Lipinski definition) is 1. The standard InChI is InChI=1S/C21H22Cl2FN5O3/c1-12(24)20(31)29-7-5-28(6-8-29)19-14-10-27(11-16(14)25-21(26-19)32-2)9-13-15(22)3-4-17(30)18(13)23/h3-4,30H,1,5-11H2,2H3. The monoisotopic (exact) mass is 481 g/mol. The number of rotatable bonds is 5. The summed E-state index contributed by atoms with van der Waals surface area (Å²) in [5, 5.41) is 10.6. The molecule has 1 amide bonds. The van der Waals surface area contributed by atoms with Gasteiger partial charge in [0.05, 0.1) is 17.8 Å². The average Bonchev–Trinajstić information content (AvgIpc) is 3.20.